The summed E-state index contributed by atoms with van der Waals surface area (Å²) in [6.45, 7) is 6.98. The largest absolute Gasteiger partial charge is 0.348 e. The molecule has 6 nitrogen and oxygen atoms in total. The van der Waals surface area contributed by atoms with E-state index < -0.39 is 11.6 Å². The summed E-state index contributed by atoms with van der Waals surface area (Å²) in [6, 6.07) is 9.34. The molecule has 1 saturated heterocycles. The molecular formula is C28H30F2N4O2. The summed E-state index contributed by atoms with van der Waals surface area (Å²) in [4.78, 5) is 36.1. The lowest BCUT2D eigenvalue weighted by molar-refractivity contribution is -0.131. The number of aromatic nitrogens is 2. The molecule has 4 rings (SSSR count). The number of benzene rings is 2. The van der Waals surface area contributed by atoms with Crippen LogP contribution in [0.4, 0.5) is 8.78 Å². The van der Waals surface area contributed by atoms with E-state index in [1.807, 2.05) is 39.0 Å². The number of hydrogen-bond donors (Lipinski definition) is 1. The zero-order valence-electron chi connectivity index (χ0n) is 20.8. The van der Waals surface area contributed by atoms with Gasteiger partial charge in [0.1, 0.15) is 17.5 Å². The highest BCUT2D eigenvalue weighted by Gasteiger charge is 2.27. The van der Waals surface area contributed by atoms with Crippen LogP contribution in [0.3, 0.4) is 0 Å². The van der Waals surface area contributed by atoms with Gasteiger partial charge in [0, 0.05) is 48.4 Å². The van der Waals surface area contributed by atoms with Crippen molar-refractivity contribution in [2.75, 3.05) is 13.1 Å². The lowest BCUT2D eigenvalue weighted by Crippen LogP contribution is -2.39. The van der Waals surface area contributed by atoms with Gasteiger partial charge >= 0.3 is 0 Å². The van der Waals surface area contributed by atoms with E-state index in [0.29, 0.717) is 43.9 Å². The van der Waals surface area contributed by atoms with Crippen molar-refractivity contribution < 1.29 is 18.4 Å². The summed E-state index contributed by atoms with van der Waals surface area (Å²) in [5, 5.41) is 2.98. The van der Waals surface area contributed by atoms with Crippen LogP contribution in [0, 0.1) is 32.4 Å². The van der Waals surface area contributed by atoms with Gasteiger partial charge in [-0.05, 0) is 57.9 Å². The lowest BCUT2D eigenvalue weighted by Gasteiger charge is -2.32. The first-order chi connectivity index (χ1) is 17.2. The molecule has 1 aromatic heterocycles. The molecule has 3 aromatic rings. The van der Waals surface area contributed by atoms with Gasteiger partial charge in [0.2, 0.25) is 5.91 Å². The predicted molar refractivity (Wildman–Crippen MR) is 132 cm³/mol. The number of likely N-dealkylation sites (tertiary alicyclic amines) is 1. The van der Waals surface area contributed by atoms with E-state index >= 15 is 0 Å². The van der Waals surface area contributed by atoms with Crippen LogP contribution < -0.4 is 5.32 Å². The van der Waals surface area contributed by atoms with Crippen molar-refractivity contribution in [3.8, 4) is 0 Å². The van der Waals surface area contributed by atoms with E-state index in [1.165, 1.54) is 6.07 Å². The molecule has 0 bridgehead atoms. The smallest absolute Gasteiger partial charge is 0.251 e. The highest BCUT2D eigenvalue weighted by Crippen LogP contribution is 2.29. The molecule has 0 radical (unpaired) electrons. The van der Waals surface area contributed by atoms with E-state index in [0.717, 1.165) is 34.5 Å². The van der Waals surface area contributed by atoms with Gasteiger partial charge in [-0.15, -0.1) is 0 Å². The van der Waals surface area contributed by atoms with Crippen molar-refractivity contribution in [1.82, 2.24) is 20.2 Å². The molecule has 188 valence electrons. The number of carbonyl (C=O) groups is 2. The van der Waals surface area contributed by atoms with Gasteiger partial charge in [0.15, 0.2) is 0 Å². The Kier molecular flexibility index (Phi) is 7.72. The molecule has 36 heavy (non-hydrogen) atoms. The molecule has 1 aliphatic rings. The first kappa shape index (κ1) is 25.4. The lowest BCUT2D eigenvalue weighted by atomic mass is 9.90. The van der Waals surface area contributed by atoms with Crippen LogP contribution in [0.1, 0.15) is 62.9 Å². The van der Waals surface area contributed by atoms with Gasteiger partial charge < -0.3 is 10.2 Å². The maximum Gasteiger partial charge on any atom is 0.251 e. The second-order valence-corrected chi connectivity index (χ2v) is 9.42. The molecule has 0 unspecified atom stereocenters. The fraction of sp³-hybridized carbons (Fsp3) is 0.357. The average molecular weight is 493 g/mol. The maximum atomic E-state index is 14.0. The minimum absolute atomic E-state index is 0.0917. The average Bonchev–Trinajstić information content (AvgIpc) is 2.84. The van der Waals surface area contributed by atoms with E-state index in [4.69, 9.17) is 0 Å². The highest BCUT2D eigenvalue weighted by atomic mass is 19.1. The first-order valence-electron chi connectivity index (χ1n) is 12.1. The highest BCUT2D eigenvalue weighted by molar-refractivity contribution is 5.94. The summed E-state index contributed by atoms with van der Waals surface area (Å²) < 4.78 is 27.9. The molecular weight excluding hydrogens is 462 g/mol. The summed E-state index contributed by atoms with van der Waals surface area (Å²) in [5.74, 6) is -1.13. The normalized spacial score (nSPS) is 14.1. The standard InChI is InChI=1S/C28H30F2N4O2/c1-17-11-18(2)13-21(12-17)28(36)32-16-22-15-31-19(3)33-27(22)20-7-9-34(10-8-20)26(35)14-23-24(29)5-4-6-25(23)30/h4-6,11-13,15,20H,7-10,14,16H2,1-3H3,(H,32,36). The number of rotatable bonds is 6. The molecule has 1 fully saturated rings. The Morgan fingerprint density at radius 1 is 1.03 bits per heavy atom. The Hall–Kier alpha value is -3.68. The van der Waals surface area contributed by atoms with Crippen molar-refractivity contribution in [2.45, 2.75) is 52.5 Å². The van der Waals surface area contributed by atoms with Crippen molar-refractivity contribution in [2.24, 2.45) is 0 Å². The van der Waals surface area contributed by atoms with E-state index in [2.05, 4.69) is 15.3 Å². The minimum atomic E-state index is -0.706. The molecule has 2 amide bonds. The Morgan fingerprint density at radius 2 is 1.67 bits per heavy atom. The SMILES string of the molecule is Cc1cc(C)cc(C(=O)NCc2cnc(C)nc2C2CCN(C(=O)Cc3c(F)cccc3F)CC2)c1. The van der Waals surface area contributed by atoms with Crippen LogP contribution in [0.5, 0.6) is 0 Å². The van der Waals surface area contributed by atoms with Crippen molar-refractivity contribution >= 4 is 11.8 Å². The minimum Gasteiger partial charge on any atom is -0.348 e. The fourth-order valence-electron chi connectivity index (χ4n) is 4.75. The third kappa shape index (κ3) is 5.93. The number of halogens is 2. The van der Waals surface area contributed by atoms with E-state index in [1.54, 1.807) is 11.1 Å². The predicted octanol–water partition coefficient (Wildman–Crippen LogP) is 4.56. The number of amides is 2. The number of nitrogens with one attached hydrogen (secondary N) is 1. The Morgan fingerprint density at radius 3 is 2.31 bits per heavy atom. The first-order valence-corrected chi connectivity index (χ1v) is 12.1. The zero-order valence-corrected chi connectivity index (χ0v) is 20.8. The summed E-state index contributed by atoms with van der Waals surface area (Å²) in [6.07, 6.45) is 2.78. The monoisotopic (exact) mass is 492 g/mol. The molecule has 8 heteroatoms. The Bertz CT molecular complexity index is 1250. The van der Waals surface area contributed by atoms with Gasteiger partial charge in [0.05, 0.1) is 12.1 Å². The molecule has 0 spiro atoms. The van der Waals surface area contributed by atoms with Gasteiger partial charge in [-0.2, -0.15) is 0 Å². The second-order valence-electron chi connectivity index (χ2n) is 9.42. The molecule has 1 N–H and O–H groups in total. The number of nitrogens with zero attached hydrogens (tertiary/aromatic N) is 3. The molecule has 0 aliphatic carbocycles. The molecule has 0 saturated carbocycles. The number of aryl methyl sites for hydroxylation is 3. The van der Waals surface area contributed by atoms with Gasteiger partial charge in [-0.1, -0.05) is 23.3 Å². The number of piperidine rings is 1. The summed E-state index contributed by atoms with van der Waals surface area (Å²) in [7, 11) is 0. The van der Waals surface area contributed by atoms with Crippen LogP contribution >= 0.6 is 0 Å². The van der Waals surface area contributed by atoms with E-state index in [9.17, 15) is 18.4 Å². The molecule has 2 heterocycles. The van der Waals surface area contributed by atoms with Crippen LogP contribution in [0.2, 0.25) is 0 Å². The van der Waals surface area contributed by atoms with Crippen molar-refractivity contribution in [3.63, 3.8) is 0 Å². The molecule has 0 atom stereocenters. The molecule has 1 aliphatic heterocycles. The summed E-state index contributed by atoms with van der Waals surface area (Å²) in [5.41, 5.74) is 4.18. The Labute approximate surface area is 209 Å². The number of carbonyl (C=O) groups excluding carboxylic acids is 2. The van der Waals surface area contributed by atoms with E-state index in [-0.39, 0.29) is 29.7 Å². The maximum absolute atomic E-state index is 14.0. The zero-order chi connectivity index (χ0) is 25.8. The molecule has 2 aromatic carbocycles. The van der Waals surface area contributed by atoms with Gasteiger partial charge in [-0.25, -0.2) is 18.7 Å². The topological polar surface area (TPSA) is 75.2 Å². The summed E-state index contributed by atoms with van der Waals surface area (Å²) >= 11 is 0. The number of hydrogen-bond acceptors (Lipinski definition) is 4. The third-order valence-corrected chi connectivity index (χ3v) is 6.57. The van der Waals surface area contributed by atoms with Crippen molar-refractivity contribution in [3.05, 3.63) is 93.6 Å². The second kappa shape index (κ2) is 10.9. The fourth-order valence-corrected chi connectivity index (χ4v) is 4.75. The third-order valence-electron chi connectivity index (χ3n) is 6.57. The van der Waals surface area contributed by atoms with Gasteiger partial charge in [-0.3, -0.25) is 9.59 Å². The van der Waals surface area contributed by atoms with Crippen LogP contribution in [0.15, 0.2) is 42.6 Å². The quantitative estimate of drug-likeness (QED) is 0.548. The van der Waals surface area contributed by atoms with Crippen LogP contribution in [-0.4, -0.2) is 39.8 Å². The Balaban J connectivity index is 1.40. The van der Waals surface area contributed by atoms with Crippen LogP contribution in [0.25, 0.3) is 0 Å². The van der Waals surface area contributed by atoms with Crippen molar-refractivity contribution in [1.29, 1.82) is 0 Å². The van der Waals surface area contributed by atoms with Crippen LogP contribution in [-0.2, 0) is 17.8 Å². The van der Waals surface area contributed by atoms with Gasteiger partial charge in [0.25, 0.3) is 5.91 Å².